The SMILES string of the molecule is O=C(NC1CCN(c2cccc(OC(F)(F)F)c2)C1)c1cn[nH]n1. The van der Waals surface area contributed by atoms with Gasteiger partial charge >= 0.3 is 6.36 Å². The summed E-state index contributed by atoms with van der Waals surface area (Å²) >= 11 is 0. The zero-order valence-corrected chi connectivity index (χ0v) is 12.4. The van der Waals surface area contributed by atoms with E-state index in [0.717, 1.165) is 0 Å². The Hall–Kier alpha value is -2.78. The zero-order valence-electron chi connectivity index (χ0n) is 12.4. The van der Waals surface area contributed by atoms with Gasteiger partial charge in [-0.25, -0.2) is 0 Å². The Kier molecular flexibility index (Phi) is 4.28. The van der Waals surface area contributed by atoms with Gasteiger partial charge in [0, 0.05) is 30.9 Å². The quantitative estimate of drug-likeness (QED) is 0.885. The molecule has 0 spiro atoms. The van der Waals surface area contributed by atoms with Gasteiger partial charge in [0.2, 0.25) is 0 Å². The van der Waals surface area contributed by atoms with E-state index >= 15 is 0 Å². The van der Waals surface area contributed by atoms with E-state index in [4.69, 9.17) is 0 Å². The summed E-state index contributed by atoms with van der Waals surface area (Å²) in [4.78, 5) is 13.8. The molecule has 1 atom stereocenters. The molecule has 3 rings (SSSR count). The number of H-pyrrole nitrogens is 1. The first-order valence-corrected chi connectivity index (χ1v) is 7.18. The predicted molar refractivity (Wildman–Crippen MR) is 77.6 cm³/mol. The number of nitrogens with zero attached hydrogens (tertiary/aromatic N) is 3. The Morgan fingerprint density at radius 2 is 2.25 bits per heavy atom. The number of alkyl halides is 3. The van der Waals surface area contributed by atoms with E-state index in [1.165, 1.54) is 24.4 Å². The largest absolute Gasteiger partial charge is 0.573 e. The van der Waals surface area contributed by atoms with Crippen LogP contribution in [0.4, 0.5) is 18.9 Å². The Morgan fingerprint density at radius 3 is 2.96 bits per heavy atom. The first kappa shape index (κ1) is 16.1. The highest BCUT2D eigenvalue weighted by Gasteiger charge is 2.31. The maximum absolute atomic E-state index is 12.3. The lowest BCUT2D eigenvalue weighted by Crippen LogP contribution is -2.37. The van der Waals surface area contributed by atoms with Crippen LogP contribution in [0.3, 0.4) is 0 Å². The van der Waals surface area contributed by atoms with Gasteiger partial charge in [-0.05, 0) is 18.6 Å². The van der Waals surface area contributed by atoms with Crippen molar-refractivity contribution in [3.05, 3.63) is 36.2 Å². The van der Waals surface area contributed by atoms with Crippen LogP contribution >= 0.6 is 0 Å². The maximum Gasteiger partial charge on any atom is 0.573 e. The third kappa shape index (κ3) is 3.94. The molecule has 1 unspecified atom stereocenters. The predicted octanol–water partition coefficient (Wildman–Crippen LogP) is 1.71. The lowest BCUT2D eigenvalue weighted by Gasteiger charge is -2.20. The summed E-state index contributed by atoms with van der Waals surface area (Å²) in [6.07, 6.45) is -2.73. The van der Waals surface area contributed by atoms with Crippen molar-refractivity contribution < 1.29 is 22.7 Å². The molecule has 2 aromatic rings. The highest BCUT2D eigenvalue weighted by atomic mass is 19.4. The molecule has 2 heterocycles. The molecular formula is C14H14F3N5O2. The second-order valence-electron chi connectivity index (χ2n) is 5.31. The van der Waals surface area contributed by atoms with E-state index in [9.17, 15) is 18.0 Å². The van der Waals surface area contributed by atoms with Gasteiger partial charge in [-0.15, -0.1) is 13.2 Å². The van der Waals surface area contributed by atoms with E-state index in [1.807, 2.05) is 4.90 Å². The highest BCUT2D eigenvalue weighted by molar-refractivity contribution is 5.92. The molecule has 0 aliphatic carbocycles. The van der Waals surface area contributed by atoms with Crippen molar-refractivity contribution in [1.82, 2.24) is 20.7 Å². The third-order valence-corrected chi connectivity index (χ3v) is 3.59. The second kappa shape index (κ2) is 6.38. The second-order valence-corrected chi connectivity index (χ2v) is 5.31. The average molecular weight is 341 g/mol. The number of rotatable bonds is 4. The minimum absolute atomic E-state index is 0.124. The Bertz CT molecular complexity index is 705. The van der Waals surface area contributed by atoms with Gasteiger partial charge in [-0.3, -0.25) is 4.79 Å². The standard InChI is InChI=1S/C14H14F3N5O2/c15-14(16,17)24-11-3-1-2-10(6-11)22-5-4-9(8-22)19-13(23)12-7-18-21-20-12/h1-3,6-7,9H,4-5,8H2,(H,19,23)(H,18,20,21). The summed E-state index contributed by atoms with van der Waals surface area (Å²) in [5, 5.41) is 12.4. The van der Waals surface area contributed by atoms with Gasteiger partial charge in [-0.2, -0.15) is 15.4 Å². The molecule has 2 N–H and O–H groups in total. The van der Waals surface area contributed by atoms with Crippen molar-refractivity contribution in [2.24, 2.45) is 0 Å². The van der Waals surface area contributed by atoms with E-state index in [1.54, 1.807) is 6.07 Å². The molecule has 0 bridgehead atoms. The molecule has 10 heteroatoms. The van der Waals surface area contributed by atoms with Crippen LogP contribution in [0, 0.1) is 0 Å². The van der Waals surface area contributed by atoms with Gasteiger partial charge in [0.25, 0.3) is 5.91 Å². The summed E-state index contributed by atoms with van der Waals surface area (Å²) in [7, 11) is 0. The lowest BCUT2D eigenvalue weighted by molar-refractivity contribution is -0.274. The molecule has 128 valence electrons. The molecule has 1 aliphatic heterocycles. The fourth-order valence-electron chi connectivity index (χ4n) is 2.56. The fraction of sp³-hybridized carbons (Fsp3) is 0.357. The van der Waals surface area contributed by atoms with E-state index in [2.05, 4.69) is 25.5 Å². The fourth-order valence-corrected chi connectivity index (χ4v) is 2.56. The molecule has 1 fully saturated rings. The van der Waals surface area contributed by atoms with E-state index in [0.29, 0.717) is 25.2 Å². The van der Waals surface area contributed by atoms with Crippen LogP contribution in [0.5, 0.6) is 5.75 Å². The monoisotopic (exact) mass is 341 g/mol. The third-order valence-electron chi connectivity index (χ3n) is 3.59. The van der Waals surface area contributed by atoms with Crippen LogP contribution in [0.15, 0.2) is 30.5 Å². The summed E-state index contributed by atoms with van der Waals surface area (Å²) in [5.74, 6) is -0.611. The molecule has 0 saturated carbocycles. The number of nitrogens with one attached hydrogen (secondary N) is 2. The number of ether oxygens (including phenoxy) is 1. The minimum atomic E-state index is -4.72. The van der Waals surface area contributed by atoms with Crippen LogP contribution in [-0.2, 0) is 0 Å². The van der Waals surface area contributed by atoms with Gasteiger partial charge in [0.05, 0.1) is 6.20 Å². The number of amides is 1. The number of carbonyl (C=O) groups is 1. The lowest BCUT2D eigenvalue weighted by atomic mass is 10.2. The minimum Gasteiger partial charge on any atom is -0.406 e. The van der Waals surface area contributed by atoms with Crippen LogP contribution in [0.1, 0.15) is 16.9 Å². The molecule has 1 aliphatic rings. The van der Waals surface area contributed by atoms with E-state index < -0.39 is 6.36 Å². The average Bonchev–Trinajstić information content (AvgIpc) is 3.17. The van der Waals surface area contributed by atoms with Gasteiger partial charge in [0.15, 0.2) is 5.69 Å². The van der Waals surface area contributed by atoms with Crippen molar-refractivity contribution in [2.75, 3.05) is 18.0 Å². The maximum atomic E-state index is 12.3. The molecule has 24 heavy (non-hydrogen) atoms. The summed E-state index contributed by atoms with van der Waals surface area (Å²) in [6, 6.07) is 5.65. The van der Waals surface area contributed by atoms with Crippen molar-refractivity contribution in [3.8, 4) is 5.75 Å². The van der Waals surface area contributed by atoms with E-state index in [-0.39, 0.29) is 23.4 Å². The summed E-state index contributed by atoms with van der Waals surface area (Å²) in [5.41, 5.74) is 0.795. The normalized spacial score (nSPS) is 17.8. The van der Waals surface area contributed by atoms with Crippen LogP contribution in [0.25, 0.3) is 0 Å². The molecule has 1 amide bonds. The van der Waals surface area contributed by atoms with Gasteiger partial charge in [-0.1, -0.05) is 6.07 Å². The molecule has 1 aromatic heterocycles. The number of hydrogen-bond donors (Lipinski definition) is 2. The van der Waals surface area contributed by atoms with Gasteiger partial charge < -0.3 is 15.0 Å². The number of aromatic nitrogens is 3. The zero-order chi connectivity index (χ0) is 17.2. The number of benzene rings is 1. The topological polar surface area (TPSA) is 83.1 Å². The van der Waals surface area contributed by atoms with Crippen LogP contribution < -0.4 is 15.0 Å². The molecule has 7 nitrogen and oxygen atoms in total. The van der Waals surface area contributed by atoms with Crippen molar-refractivity contribution >= 4 is 11.6 Å². The molecule has 1 aromatic carbocycles. The van der Waals surface area contributed by atoms with Crippen molar-refractivity contribution in [2.45, 2.75) is 18.8 Å². The smallest absolute Gasteiger partial charge is 0.406 e. The molecule has 0 radical (unpaired) electrons. The summed E-state index contributed by atoms with van der Waals surface area (Å²) < 4.78 is 40.8. The Morgan fingerprint density at radius 1 is 1.42 bits per heavy atom. The first-order chi connectivity index (χ1) is 11.4. The van der Waals surface area contributed by atoms with Crippen LogP contribution in [0.2, 0.25) is 0 Å². The number of anilines is 1. The number of halogens is 3. The number of carbonyl (C=O) groups excluding carboxylic acids is 1. The molecular weight excluding hydrogens is 327 g/mol. The van der Waals surface area contributed by atoms with Crippen LogP contribution in [-0.4, -0.2) is 46.8 Å². The number of aromatic amines is 1. The van der Waals surface area contributed by atoms with Gasteiger partial charge in [0.1, 0.15) is 5.75 Å². The highest BCUT2D eigenvalue weighted by Crippen LogP contribution is 2.28. The van der Waals surface area contributed by atoms with Crippen molar-refractivity contribution in [1.29, 1.82) is 0 Å². The first-order valence-electron chi connectivity index (χ1n) is 7.18. The summed E-state index contributed by atoms with van der Waals surface area (Å²) in [6.45, 7) is 1.10. The molecule has 1 saturated heterocycles. The number of hydrogen-bond acceptors (Lipinski definition) is 5. The Balaban J connectivity index is 1.61. The Labute approximate surface area is 134 Å². The van der Waals surface area contributed by atoms with Crippen molar-refractivity contribution in [3.63, 3.8) is 0 Å².